The van der Waals surface area contributed by atoms with E-state index < -0.39 is 0 Å². The summed E-state index contributed by atoms with van der Waals surface area (Å²) in [6.45, 7) is 9.71. The third-order valence-corrected chi connectivity index (χ3v) is 2.63. The van der Waals surface area contributed by atoms with Gasteiger partial charge in [-0.15, -0.1) is 30.6 Å². The van der Waals surface area contributed by atoms with Crippen LogP contribution in [0.15, 0.2) is 41.9 Å². The molecule has 0 spiro atoms. The number of nitrogens with zero attached hydrogens (tertiary/aromatic N) is 1. The molecular weight excluding hydrogens is 401 g/mol. The minimum absolute atomic E-state index is 0. The maximum absolute atomic E-state index is 5.92. The van der Waals surface area contributed by atoms with Crippen LogP contribution in [0.4, 0.5) is 0 Å². The van der Waals surface area contributed by atoms with Crippen LogP contribution in [0.1, 0.15) is 13.8 Å². The van der Waals surface area contributed by atoms with Crippen LogP contribution in [-0.2, 0) is 0 Å². The Hall–Kier alpha value is -0.950. The maximum atomic E-state index is 5.92. The molecule has 0 aromatic heterocycles. The Kier molecular flexibility index (Phi) is 11.2. The minimum Gasteiger partial charge on any atom is -0.489 e. The molecule has 118 valence electrons. The van der Waals surface area contributed by atoms with Crippen LogP contribution in [0.25, 0.3) is 0 Å². The fourth-order valence-corrected chi connectivity index (χ4v) is 1.72. The van der Waals surface area contributed by atoms with Crippen molar-refractivity contribution in [1.82, 2.24) is 10.6 Å². The van der Waals surface area contributed by atoms with Gasteiger partial charge >= 0.3 is 0 Å². The lowest BCUT2D eigenvalue weighted by Crippen LogP contribution is -2.38. The van der Waals surface area contributed by atoms with Gasteiger partial charge in [-0.05, 0) is 32.0 Å². The average molecular weight is 424 g/mol. The van der Waals surface area contributed by atoms with Gasteiger partial charge in [0, 0.05) is 18.1 Å². The van der Waals surface area contributed by atoms with E-state index in [0.29, 0.717) is 18.1 Å². The molecule has 0 aliphatic rings. The van der Waals surface area contributed by atoms with Crippen LogP contribution < -0.4 is 15.4 Å². The summed E-state index contributed by atoms with van der Waals surface area (Å²) in [7, 11) is 0. The molecule has 1 atom stereocenters. The van der Waals surface area contributed by atoms with Crippen LogP contribution in [0.2, 0.25) is 5.02 Å². The lowest BCUT2D eigenvalue weighted by molar-refractivity contribution is 0.230. The van der Waals surface area contributed by atoms with Gasteiger partial charge in [-0.3, -0.25) is 0 Å². The molecule has 4 nitrogen and oxygen atoms in total. The molecule has 0 saturated heterocycles. The summed E-state index contributed by atoms with van der Waals surface area (Å²) in [5, 5.41) is 6.97. The fourth-order valence-electron chi connectivity index (χ4n) is 1.54. The molecule has 1 rings (SSSR count). The number of aliphatic imine (C=N–C) groups is 1. The van der Waals surface area contributed by atoms with Gasteiger partial charge in [0.2, 0.25) is 0 Å². The predicted molar refractivity (Wildman–Crippen MR) is 101 cm³/mol. The molecule has 0 heterocycles. The number of halogens is 2. The predicted octanol–water partition coefficient (Wildman–Crippen LogP) is 3.47. The quantitative estimate of drug-likeness (QED) is 0.305. The van der Waals surface area contributed by atoms with Crippen molar-refractivity contribution < 1.29 is 4.74 Å². The van der Waals surface area contributed by atoms with Crippen molar-refractivity contribution in [3.8, 4) is 5.75 Å². The maximum Gasteiger partial charge on any atom is 0.191 e. The molecule has 1 aromatic carbocycles. The van der Waals surface area contributed by atoms with E-state index in [0.717, 1.165) is 18.3 Å². The number of hydrogen-bond acceptors (Lipinski definition) is 2. The molecule has 0 radical (unpaired) electrons. The first kappa shape index (κ1) is 20.1. The Bertz CT molecular complexity index is 454. The van der Waals surface area contributed by atoms with Gasteiger partial charge in [-0.2, -0.15) is 0 Å². The molecule has 0 saturated carbocycles. The van der Waals surface area contributed by atoms with Crippen molar-refractivity contribution in [1.29, 1.82) is 0 Å². The molecule has 21 heavy (non-hydrogen) atoms. The minimum atomic E-state index is -0.0346. The molecule has 1 unspecified atom stereocenters. The van der Waals surface area contributed by atoms with Crippen molar-refractivity contribution in [3.63, 3.8) is 0 Å². The second-order valence-corrected chi connectivity index (χ2v) is 4.71. The first-order valence-electron chi connectivity index (χ1n) is 6.71. The molecule has 0 bridgehead atoms. The van der Waals surface area contributed by atoms with Crippen molar-refractivity contribution in [2.45, 2.75) is 20.0 Å². The molecule has 0 amide bonds. The SMILES string of the molecule is C=CCNC(=NCC(C)Oc1cccc(Cl)c1)NCC.I. The monoisotopic (exact) mass is 423 g/mol. The summed E-state index contributed by atoms with van der Waals surface area (Å²) in [6, 6.07) is 7.36. The Morgan fingerprint density at radius 3 is 2.86 bits per heavy atom. The molecular formula is C15H23ClIN3O. The fraction of sp³-hybridized carbons (Fsp3) is 0.400. The highest BCUT2D eigenvalue weighted by Crippen LogP contribution is 2.18. The average Bonchev–Trinajstić information content (AvgIpc) is 2.42. The highest BCUT2D eigenvalue weighted by Gasteiger charge is 2.04. The van der Waals surface area contributed by atoms with Crippen molar-refractivity contribution in [2.24, 2.45) is 4.99 Å². The summed E-state index contributed by atoms with van der Waals surface area (Å²) < 4.78 is 5.76. The summed E-state index contributed by atoms with van der Waals surface area (Å²) in [6.07, 6.45) is 1.76. The number of benzene rings is 1. The van der Waals surface area contributed by atoms with E-state index in [9.17, 15) is 0 Å². The van der Waals surface area contributed by atoms with E-state index in [1.807, 2.05) is 32.0 Å². The van der Waals surface area contributed by atoms with Crippen LogP contribution in [0.3, 0.4) is 0 Å². The number of ether oxygens (including phenoxy) is 1. The van der Waals surface area contributed by atoms with Gasteiger partial charge in [-0.1, -0.05) is 23.7 Å². The third-order valence-electron chi connectivity index (χ3n) is 2.40. The van der Waals surface area contributed by atoms with Gasteiger partial charge < -0.3 is 15.4 Å². The summed E-state index contributed by atoms with van der Waals surface area (Å²) in [4.78, 5) is 4.46. The molecule has 6 heteroatoms. The Balaban J connectivity index is 0.00000400. The largest absolute Gasteiger partial charge is 0.489 e. The number of guanidine groups is 1. The number of rotatable bonds is 7. The first-order valence-corrected chi connectivity index (χ1v) is 7.08. The van der Waals surface area contributed by atoms with E-state index in [1.165, 1.54) is 0 Å². The molecule has 0 aliphatic carbocycles. The summed E-state index contributed by atoms with van der Waals surface area (Å²) in [5.41, 5.74) is 0. The Morgan fingerprint density at radius 1 is 1.48 bits per heavy atom. The molecule has 2 N–H and O–H groups in total. The van der Waals surface area contributed by atoms with Crippen molar-refractivity contribution in [2.75, 3.05) is 19.6 Å². The third kappa shape index (κ3) is 8.83. The van der Waals surface area contributed by atoms with E-state index in [2.05, 4.69) is 22.2 Å². The van der Waals surface area contributed by atoms with Gasteiger partial charge in [-0.25, -0.2) is 4.99 Å². The van der Waals surface area contributed by atoms with E-state index in [1.54, 1.807) is 12.1 Å². The molecule has 0 fully saturated rings. The Morgan fingerprint density at radius 2 is 2.24 bits per heavy atom. The van der Waals surface area contributed by atoms with E-state index in [4.69, 9.17) is 16.3 Å². The summed E-state index contributed by atoms with van der Waals surface area (Å²) in [5.74, 6) is 1.51. The standard InChI is InChI=1S/C15H22ClN3O.HI/c1-4-9-18-15(17-5-2)19-11-12(3)20-14-8-6-7-13(16)10-14;/h4,6-8,10,12H,1,5,9,11H2,2-3H3,(H2,17,18,19);1H. The topological polar surface area (TPSA) is 45.7 Å². The zero-order valence-electron chi connectivity index (χ0n) is 12.4. The van der Waals surface area contributed by atoms with Crippen LogP contribution in [-0.4, -0.2) is 31.7 Å². The van der Waals surface area contributed by atoms with Gasteiger partial charge in [0.1, 0.15) is 11.9 Å². The number of nitrogens with one attached hydrogen (secondary N) is 2. The van der Waals surface area contributed by atoms with Gasteiger partial charge in [0.05, 0.1) is 6.54 Å². The van der Waals surface area contributed by atoms with Crippen LogP contribution in [0.5, 0.6) is 5.75 Å². The highest BCUT2D eigenvalue weighted by molar-refractivity contribution is 14.0. The van der Waals surface area contributed by atoms with Gasteiger partial charge in [0.25, 0.3) is 0 Å². The molecule has 1 aromatic rings. The summed E-state index contributed by atoms with van der Waals surface area (Å²) >= 11 is 5.92. The number of hydrogen-bond donors (Lipinski definition) is 2. The second-order valence-electron chi connectivity index (χ2n) is 4.28. The zero-order chi connectivity index (χ0) is 14.8. The van der Waals surface area contributed by atoms with E-state index in [-0.39, 0.29) is 30.1 Å². The lowest BCUT2D eigenvalue weighted by Gasteiger charge is -2.14. The smallest absolute Gasteiger partial charge is 0.191 e. The normalized spacial score (nSPS) is 12.0. The van der Waals surface area contributed by atoms with E-state index >= 15 is 0 Å². The lowest BCUT2D eigenvalue weighted by atomic mass is 10.3. The van der Waals surface area contributed by atoms with Crippen LogP contribution >= 0.6 is 35.6 Å². The Labute approximate surface area is 149 Å². The zero-order valence-corrected chi connectivity index (χ0v) is 15.5. The second kappa shape index (κ2) is 11.7. The van der Waals surface area contributed by atoms with Crippen molar-refractivity contribution >= 4 is 41.5 Å². The first-order chi connectivity index (χ1) is 9.65. The van der Waals surface area contributed by atoms with Crippen molar-refractivity contribution in [3.05, 3.63) is 41.9 Å². The van der Waals surface area contributed by atoms with Crippen LogP contribution in [0, 0.1) is 0 Å². The highest BCUT2D eigenvalue weighted by atomic mass is 127. The van der Waals surface area contributed by atoms with Gasteiger partial charge in [0.15, 0.2) is 5.96 Å². The molecule has 0 aliphatic heterocycles.